The monoisotopic (exact) mass is 461 g/mol. The number of nitrogens with zero attached hydrogens (tertiary/aromatic N) is 2. The Labute approximate surface area is 189 Å². The molecule has 0 aromatic carbocycles. The van der Waals surface area contributed by atoms with Crippen LogP contribution in [0.1, 0.15) is 24.0 Å². The molecule has 3 N–H and O–H groups in total. The molecule has 3 rings (SSSR count). The van der Waals surface area contributed by atoms with E-state index in [-0.39, 0.29) is 55.5 Å². The summed E-state index contributed by atoms with van der Waals surface area (Å²) in [4.78, 5) is 33.1. The molecule has 7 nitrogen and oxygen atoms in total. The van der Waals surface area contributed by atoms with Crippen LogP contribution < -0.4 is 16.0 Å². The number of carbonyl (C=O) groups is 2. The van der Waals surface area contributed by atoms with Crippen molar-refractivity contribution in [1.29, 1.82) is 0 Å². The highest BCUT2D eigenvalue weighted by Gasteiger charge is 2.42. The SMILES string of the molecule is Cl.Cl.Cl.O=C(CC1(C(=O)NCc2ccncc2)CCNC1)NCc1ccncc1. The van der Waals surface area contributed by atoms with Crippen molar-refractivity contribution in [3.63, 3.8) is 0 Å². The molecule has 29 heavy (non-hydrogen) atoms. The highest BCUT2D eigenvalue weighted by atomic mass is 35.5. The van der Waals surface area contributed by atoms with Crippen LogP contribution in [-0.4, -0.2) is 34.9 Å². The fraction of sp³-hybridized carbons (Fsp3) is 0.368. The van der Waals surface area contributed by atoms with Crippen LogP contribution in [0.15, 0.2) is 49.1 Å². The number of pyridine rings is 2. The lowest BCUT2D eigenvalue weighted by molar-refractivity contribution is -0.135. The minimum absolute atomic E-state index is 0. The second-order valence-electron chi connectivity index (χ2n) is 6.55. The topological polar surface area (TPSA) is 96.0 Å². The molecule has 0 saturated carbocycles. The second kappa shape index (κ2) is 13.3. The largest absolute Gasteiger partial charge is 0.352 e. The highest BCUT2D eigenvalue weighted by Crippen LogP contribution is 2.30. The summed E-state index contributed by atoms with van der Waals surface area (Å²) in [6.07, 6.45) is 7.60. The molecule has 10 heteroatoms. The van der Waals surface area contributed by atoms with E-state index in [2.05, 4.69) is 25.9 Å². The highest BCUT2D eigenvalue weighted by molar-refractivity contribution is 5.89. The normalized spacial score (nSPS) is 17.1. The summed E-state index contributed by atoms with van der Waals surface area (Å²) in [7, 11) is 0. The van der Waals surface area contributed by atoms with Crippen LogP contribution in [-0.2, 0) is 22.7 Å². The van der Waals surface area contributed by atoms with Crippen molar-refractivity contribution < 1.29 is 9.59 Å². The second-order valence-corrected chi connectivity index (χ2v) is 6.55. The van der Waals surface area contributed by atoms with Crippen molar-refractivity contribution in [2.24, 2.45) is 5.41 Å². The van der Waals surface area contributed by atoms with Crippen LogP contribution in [0.5, 0.6) is 0 Å². The third-order valence-electron chi connectivity index (χ3n) is 4.67. The van der Waals surface area contributed by atoms with Crippen LogP contribution in [0.2, 0.25) is 0 Å². The van der Waals surface area contributed by atoms with Crippen molar-refractivity contribution in [3.8, 4) is 0 Å². The van der Waals surface area contributed by atoms with Gasteiger partial charge in [0.15, 0.2) is 0 Å². The summed E-state index contributed by atoms with van der Waals surface area (Å²) in [6, 6.07) is 7.44. The molecule has 2 aromatic heterocycles. The Bertz CT molecular complexity index is 744. The summed E-state index contributed by atoms with van der Waals surface area (Å²) < 4.78 is 0. The molecule has 2 amide bonds. The maximum absolute atomic E-state index is 12.8. The van der Waals surface area contributed by atoms with Crippen LogP contribution >= 0.6 is 37.2 Å². The Morgan fingerprint density at radius 3 is 1.90 bits per heavy atom. The number of halogens is 3. The summed E-state index contributed by atoms with van der Waals surface area (Å²) in [5, 5.41) is 9.07. The third kappa shape index (κ3) is 7.78. The van der Waals surface area contributed by atoms with Gasteiger partial charge >= 0.3 is 0 Å². The Hall–Kier alpha value is -1.93. The number of nitrogens with one attached hydrogen (secondary N) is 3. The Morgan fingerprint density at radius 2 is 1.41 bits per heavy atom. The van der Waals surface area contributed by atoms with Crippen molar-refractivity contribution in [1.82, 2.24) is 25.9 Å². The van der Waals surface area contributed by atoms with Crippen molar-refractivity contribution >= 4 is 49.0 Å². The summed E-state index contributed by atoms with van der Waals surface area (Å²) in [5.74, 6) is -0.206. The quantitative estimate of drug-likeness (QED) is 0.585. The molecular formula is C19H26Cl3N5O2. The van der Waals surface area contributed by atoms with Gasteiger partial charge in [0.05, 0.1) is 5.41 Å². The van der Waals surface area contributed by atoms with E-state index in [0.717, 1.165) is 17.7 Å². The minimum atomic E-state index is -0.699. The zero-order valence-corrected chi connectivity index (χ0v) is 18.2. The molecule has 0 aliphatic carbocycles. The molecule has 1 fully saturated rings. The van der Waals surface area contributed by atoms with E-state index < -0.39 is 5.41 Å². The number of hydrogen-bond donors (Lipinski definition) is 3. The first-order valence-electron chi connectivity index (χ1n) is 8.71. The molecular weight excluding hydrogens is 437 g/mol. The van der Waals surface area contributed by atoms with Gasteiger partial charge in [-0.2, -0.15) is 0 Å². The zero-order chi connectivity index (χ0) is 18.2. The molecule has 0 spiro atoms. The first kappa shape index (κ1) is 27.1. The standard InChI is InChI=1S/C19H23N5O2.3ClH/c25-17(23-12-15-1-6-20-7-2-15)11-19(5-10-22-14-19)18(26)24-13-16-3-8-21-9-4-16;;;/h1-4,6-9,22H,5,10-14H2,(H,23,25)(H,24,26);3*1H. The number of amides is 2. The first-order chi connectivity index (χ1) is 12.7. The lowest BCUT2D eigenvalue weighted by Crippen LogP contribution is -2.45. The molecule has 1 unspecified atom stereocenters. The summed E-state index contributed by atoms with van der Waals surface area (Å²) in [6.45, 7) is 2.11. The van der Waals surface area contributed by atoms with Crippen molar-refractivity contribution in [2.75, 3.05) is 13.1 Å². The molecule has 3 heterocycles. The van der Waals surface area contributed by atoms with E-state index in [1.807, 2.05) is 24.3 Å². The van der Waals surface area contributed by atoms with Gasteiger partial charge in [-0.3, -0.25) is 19.6 Å². The lowest BCUT2D eigenvalue weighted by Gasteiger charge is -2.26. The van der Waals surface area contributed by atoms with Gasteiger partial charge in [-0.1, -0.05) is 0 Å². The van der Waals surface area contributed by atoms with Gasteiger partial charge < -0.3 is 16.0 Å². The van der Waals surface area contributed by atoms with Crippen LogP contribution in [0.25, 0.3) is 0 Å². The van der Waals surface area contributed by atoms with Gasteiger partial charge in [-0.15, -0.1) is 37.2 Å². The van der Waals surface area contributed by atoms with Crippen molar-refractivity contribution in [2.45, 2.75) is 25.9 Å². The smallest absolute Gasteiger partial charge is 0.228 e. The average Bonchev–Trinajstić information content (AvgIpc) is 3.16. The minimum Gasteiger partial charge on any atom is -0.352 e. The fourth-order valence-electron chi connectivity index (χ4n) is 3.11. The molecule has 0 radical (unpaired) electrons. The van der Waals surface area contributed by atoms with Gasteiger partial charge in [0.2, 0.25) is 11.8 Å². The average molecular weight is 463 g/mol. The lowest BCUT2D eigenvalue weighted by atomic mass is 9.82. The van der Waals surface area contributed by atoms with E-state index in [0.29, 0.717) is 26.1 Å². The maximum atomic E-state index is 12.8. The van der Waals surface area contributed by atoms with Gasteiger partial charge in [-0.25, -0.2) is 0 Å². The van der Waals surface area contributed by atoms with Gasteiger partial charge in [0.1, 0.15) is 0 Å². The third-order valence-corrected chi connectivity index (χ3v) is 4.67. The molecule has 1 aliphatic heterocycles. The molecule has 1 atom stereocenters. The van der Waals surface area contributed by atoms with Crippen LogP contribution in [0.4, 0.5) is 0 Å². The van der Waals surface area contributed by atoms with Gasteiger partial charge in [0.25, 0.3) is 0 Å². The maximum Gasteiger partial charge on any atom is 0.228 e. The predicted octanol–water partition coefficient (Wildman–Crippen LogP) is 2.04. The molecule has 2 aromatic rings. The Morgan fingerprint density at radius 1 is 0.897 bits per heavy atom. The van der Waals surface area contributed by atoms with E-state index in [9.17, 15) is 9.59 Å². The summed E-state index contributed by atoms with van der Waals surface area (Å²) >= 11 is 0. The zero-order valence-electron chi connectivity index (χ0n) is 15.8. The Balaban J connectivity index is 0.00000261. The molecule has 160 valence electrons. The summed E-state index contributed by atoms with van der Waals surface area (Å²) in [5.41, 5.74) is 1.26. The van der Waals surface area contributed by atoms with Gasteiger partial charge in [0, 0.05) is 50.8 Å². The van der Waals surface area contributed by atoms with E-state index in [4.69, 9.17) is 0 Å². The van der Waals surface area contributed by atoms with Crippen molar-refractivity contribution in [3.05, 3.63) is 60.2 Å². The number of hydrogen-bond acceptors (Lipinski definition) is 5. The van der Waals surface area contributed by atoms with E-state index >= 15 is 0 Å². The Kier molecular flexibility index (Phi) is 12.4. The van der Waals surface area contributed by atoms with E-state index in [1.165, 1.54) is 0 Å². The fourth-order valence-corrected chi connectivity index (χ4v) is 3.11. The number of carbonyl (C=O) groups excluding carboxylic acids is 2. The molecule has 0 bridgehead atoms. The van der Waals surface area contributed by atoms with Crippen LogP contribution in [0, 0.1) is 5.41 Å². The number of rotatable bonds is 7. The number of aromatic nitrogens is 2. The van der Waals surface area contributed by atoms with E-state index in [1.54, 1.807) is 24.8 Å². The predicted molar refractivity (Wildman–Crippen MR) is 118 cm³/mol. The first-order valence-corrected chi connectivity index (χ1v) is 8.71. The molecule has 1 aliphatic rings. The van der Waals surface area contributed by atoms with Crippen LogP contribution in [0.3, 0.4) is 0 Å². The molecule has 1 saturated heterocycles. The van der Waals surface area contributed by atoms with Gasteiger partial charge in [-0.05, 0) is 48.4 Å².